The Labute approximate surface area is 171 Å². The van der Waals surface area contributed by atoms with Gasteiger partial charge in [-0.3, -0.25) is 14.4 Å². The monoisotopic (exact) mass is 396 g/mol. The van der Waals surface area contributed by atoms with Crippen LogP contribution < -0.4 is 10.6 Å². The highest BCUT2D eigenvalue weighted by molar-refractivity contribution is 5.94. The summed E-state index contributed by atoms with van der Waals surface area (Å²) in [7, 11) is 0. The van der Waals surface area contributed by atoms with E-state index in [0.717, 1.165) is 19.3 Å². The molecule has 0 bridgehead atoms. The van der Waals surface area contributed by atoms with Crippen molar-refractivity contribution in [1.82, 2.24) is 0 Å². The van der Waals surface area contributed by atoms with Gasteiger partial charge in [0.2, 0.25) is 11.8 Å². The second kappa shape index (κ2) is 12.3. The number of nitrogens with one attached hydrogen (secondary N) is 2. The number of ether oxygens (including phenoxy) is 1. The maximum Gasteiger partial charge on any atom is 0.306 e. The van der Waals surface area contributed by atoms with E-state index < -0.39 is 0 Å². The number of carbonyl (C=O) groups is 3. The fourth-order valence-corrected chi connectivity index (χ4v) is 2.71. The first kappa shape index (κ1) is 22.1. The molecule has 0 fully saturated rings. The Morgan fingerprint density at radius 3 is 1.97 bits per heavy atom. The van der Waals surface area contributed by atoms with Gasteiger partial charge in [0, 0.05) is 24.2 Å². The number of benzene rings is 2. The van der Waals surface area contributed by atoms with Crippen molar-refractivity contribution in [2.45, 2.75) is 45.4 Å². The van der Waals surface area contributed by atoms with E-state index in [9.17, 15) is 14.4 Å². The van der Waals surface area contributed by atoms with Gasteiger partial charge in [0.15, 0.2) is 0 Å². The highest BCUT2D eigenvalue weighted by Gasteiger charge is 2.09. The molecule has 0 radical (unpaired) electrons. The molecule has 6 heteroatoms. The Morgan fingerprint density at radius 2 is 1.38 bits per heavy atom. The summed E-state index contributed by atoms with van der Waals surface area (Å²) in [5, 5.41) is 5.52. The molecule has 0 saturated carbocycles. The highest BCUT2D eigenvalue weighted by Crippen LogP contribution is 2.14. The molecule has 154 valence electrons. The van der Waals surface area contributed by atoms with E-state index in [0.29, 0.717) is 24.4 Å². The summed E-state index contributed by atoms with van der Waals surface area (Å²) in [6, 6.07) is 16.9. The first-order valence-corrected chi connectivity index (χ1v) is 9.96. The molecule has 0 aliphatic carbocycles. The van der Waals surface area contributed by atoms with E-state index in [1.165, 1.54) is 5.56 Å². The molecule has 0 spiro atoms. The van der Waals surface area contributed by atoms with E-state index in [1.54, 1.807) is 24.3 Å². The third kappa shape index (κ3) is 9.06. The van der Waals surface area contributed by atoms with E-state index in [-0.39, 0.29) is 30.6 Å². The number of amides is 2. The smallest absolute Gasteiger partial charge is 0.306 e. The topological polar surface area (TPSA) is 84.5 Å². The molecule has 0 aliphatic heterocycles. The summed E-state index contributed by atoms with van der Waals surface area (Å²) >= 11 is 0. The third-order valence-corrected chi connectivity index (χ3v) is 4.20. The summed E-state index contributed by atoms with van der Waals surface area (Å²) < 4.78 is 5.18. The van der Waals surface area contributed by atoms with Gasteiger partial charge in [0.05, 0.1) is 13.0 Å². The van der Waals surface area contributed by atoms with E-state index in [4.69, 9.17) is 4.74 Å². The molecule has 0 saturated heterocycles. The Balaban J connectivity index is 1.62. The van der Waals surface area contributed by atoms with Crippen LogP contribution in [0.3, 0.4) is 0 Å². The maximum atomic E-state index is 12.0. The van der Waals surface area contributed by atoms with Gasteiger partial charge in [-0.15, -0.1) is 0 Å². The minimum absolute atomic E-state index is 0.0356. The second-order valence-electron chi connectivity index (χ2n) is 6.73. The van der Waals surface area contributed by atoms with Crippen LogP contribution in [0.25, 0.3) is 0 Å². The van der Waals surface area contributed by atoms with E-state index >= 15 is 0 Å². The minimum atomic E-state index is -0.373. The molecule has 2 rings (SSSR count). The van der Waals surface area contributed by atoms with Gasteiger partial charge in [-0.25, -0.2) is 0 Å². The van der Waals surface area contributed by atoms with Gasteiger partial charge < -0.3 is 15.4 Å². The molecule has 6 nitrogen and oxygen atoms in total. The number of aryl methyl sites for hydroxylation is 1. The lowest BCUT2D eigenvalue weighted by Crippen LogP contribution is -2.15. The minimum Gasteiger partial charge on any atom is -0.466 e. The quantitative estimate of drug-likeness (QED) is 0.438. The average molecular weight is 396 g/mol. The molecule has 0 aromatic heterocycles. The van der Waals surface area contributed by atoms with Gasteiger partial charge in [-0.1, -0.05) is 37.3 Å². The van der Waals surface area contributed by atoms with E-state index in [1.807, 2.05) is 37.3 Å². The Bertz CT molecular complexity index is 788. The molecule has 2 aromatic rings. The normalized spacial score (nSPS) is 10.2. The largest absolute Gasteiger partial charge is 0.466 e. The highest BCUT2D eigenvalue weighted by atomic mass is 16.5. The Morgan fingerprint density at radius 1 is 0.793 bits per heavy atom. The van der Waals surface area contributed by atoms with Crippen LogP contribution in [0.15, 0.2) is 54.6 Å². The SMILES string of the molecule is CCCC(=O)Nc1ccc(NC(=O)CCC(=O)OCCCc2ccccc2)cc1. The maximum absolute atomic E-state index is 12.0. The Hall–Kier alpha value is -3.15. The van der Waals surface area contributed by atoms with Crippen LogP contribution in [0, 0.1) is 0 Å². The van der Waals surface area contributed by atoms with Crippen molar-refractivity contribution in [1.29, 1.82) is 0 Å². The molecule has 29 heavy (non-hydrogen) atoms. The van der Waals surface area contributed by atoms with Crippen LogP contribution in [0.1, 0.15) is 44.6 Å². The van der Waals surface area contributed by atoms with Crippen LogP contribution in [-0.2, 0) is 25.5 Å². The number of esters is 1. The molecule has 0 atom stereocenters. The van der Waals surface area contributed by atoms with Crippen molar-refractivity contribution in [3.05, 3.63) is 60.2 Å². The van der Waals surface area contributed by atoms with Crippen LogP contribution in [0.2, 0.25) is 0 Å². The molecule has 2 amide bonds. The molecular weight excluding hydrogens is 368 g/mol. The fourth-order valence-electron chi connectivity index (χ4n) is 2.71. The lowest BCUT2D eigenvalue weighted by Gasteiger charge is -2.08. The molecule has 0 aliphatic rings. The fraction of sp³-hybridized carbons (Fsp3) is 0.348. The molecule has 2 aromatic carbocycles. The number of anilines is 2. The van der Waals surface area contributed by atoms with Crippen LogP contribution in [0.5, 0.6) is 0 Å². The van der Waals surface area contributed by atoms with Crippen molar-refractivity contribution >= 4 is 29.2 Å². The zero-order chi connectivity index (χ0) is 20.9. The molecule has 0 heterocycles. The van der Waals surface area contributed by atoms with Crippen molar-refractivity contribution in [2.75, 3.05) is 17.2 Å². The van der Waals surface area contributed by atoms with Crippen LogP contribution >= 0.6 is 0 Å². The van der Waals surface area contributed by atoms with Crippen molar-refractivity contribution in [3.8, 4) is 0 Å². The number of rotatable bonds is 11. The van der Waals surface area contributed by atoms with Gasteiger partial charge in [-0.2, -0.15) is 0 Å². The Kier molecular flexibility index (Phi) is 9.42. The summed E-state index contributed by atoms with van der Waals surface area (Å²) in [5.41, 5.74) is 2.50. The van der Waals surface area contributed by atoms with Gasteiger partial charge in [0.25, 0.3) is 0 Å². The molecule has 0 unspecified atom stereocenters. The van der Waals surface area contributed by atoms with Crippen LogP contribution in [0.4, 0.5) is 11.4 Å². The predicted molar refractivity (Wildman–Crippen MR) is 114 cm³/mol. The standard InChI is InChI=1S/C23H28N2O4/c1-2-7-21(26)24-19-11-13-20(14-12-19)25-22(27)15-16-23(28)29-17-6-10-18-8-4-3-5-9-18/h3-5,8-9,11-14H,2,6-7,10,15-17H2,1H3,(H,24,26)(H,25,27). The number of hydrogen-bond donors (Lipinski definition) is 2. The first-order chi connectivity index (χ1) is 14.1. The molecular formula is C23H28N2O4. The van der Waals surface area contributed by atoms with Gasteiger partial charge in [-0.05, 0) is 49.1 Å². The zero-order valence-electron chi connectivity index (χ0n) is 16.8. The van der Waals surface area contributed by atoms with Crippen molar-refractivity contribution in [3.63, 3.8) is 0 Å². The number of carbonyl (C=O) groups excluding carboxylic acids is 3. The average Bonchev–Trinajstić information content (AvgIpc) is 2.72. The number of hydrogen-bond acceptors (Lipinski definition) is 4. The van der Waals surface area contributed by atoms with Crippen LogP contribution in [-0.4, -0.2) is 24.4 Å². The van der Waals surface area contributed by atoms with Crippen molar-refractivity contribution in [2.24, 2.45) is 0 Å². The first-order valence-electron chi connectivity index (χ1n) is 9.96. The zero-order valence-corrected chi connectivity index (χ0v) is 16.8. The summed E-state index contributed by atoms with van der Waals surface area (Å²) in [6.45, 7) is 2.29. The third-order valence-electron chi connectivity index (χ3n) is 4.20. The summed E-state index contributed by atoms with van der Waals surface area (Å²) in [6.07, 6.45) is 2.97. The summed E-state index contributed by atoms with van der Waals surface area (Å²) in [5.74, 6) is -0.664. The van der Waals surface area contributed by atoms with Gasteiger partial charge >= 0.3 is 5.97 Å². The van der Waals surface area contributed by atoms with E-state index in [2.05, 4.69) is 10.6 Å². The van der Waals surface area contributed by atoms with Gasteiger partial charge in [0.1, 0.15) is 0 Å². The lowest BCUT2D eigenvalue weighted by atomic mass is 10.1. The summed E-state index contributed by atoms with van der Waals surface area (Å²) in [4.78, 5) is 35.3. The second-order valence-corrected chi connectivity index (χ2v) is 6.73. The molecule has 2 N–H and O–H groups in total. The lowest BCUT2D eigenvalue weighted by molar-refractivity contribution is -0.144. The predicted octanol–water partition coefficient (Wildman–Crippen LogP) is 4.32. The van der Waals surface area contributed by atoms with Crippen molar-refractivity contribution < 1.29 is 19.1 Å².